The molecular weight excluding hydrogens is 164 g/mol. The van der Waals surface area contributed by atoms with E-state index in [-0.39, 0.29) is 0 Å². The molecule has 3 N–H and O–H groups in total. The second-order valence-electron chi connectivity index (χ2n) is 3.54. The fourth-order valence-electron chi connectivity index (χ4n) is 1.95. The van der Waals surface area contributed by atoms with Crippen LogP contribution in [0.25, 0.3) is 0 Å². The van der Waals surface area contributed by atoms with Crippen molar-refractivity contribution >= 4 is 0 Å². The Balaban J connectivity index is 1.94. The molecule has 0 amide bonds. The first-order valence-electron chi connectivity index (χ1n) is 4.82. The van der Waals surface area contributed by atoms with Crippen LogP contribution in [0.15, 0.2) is 12.4 Å². The number of likely N-dealkylation sites (tertiary alicyclic amines) is 1. The number of H-pyrrole nitrogens is 1. The molecule has 13 heavy (non-hydrogen) atoms. The average molecular weight is 180 g/mol. The minimum absolute atomic E-state index is 0.560. The van der Waals surface area contributed by atoms with Crippen molar-refractivity contribution in [2.24, 2.45) is 5.73 Å². The summed E-state index contributed by atoms with van der Waals surface area (Å²) < 4.78 is 0. The molecule has 0 aliphatic carbocycles. The Hall–Kier alpha value is -0.870. The van der Waals surface area contributed by atoms with Crippen molar-refractivity contribution in [2.75, 3.05) is 13.1 Å². The number of rotatable bonds is 3. The summed E-state index contributed by atoms with van der Waals surface area (Å²) in [5.74, 6) is 1.04. The largest absolute Gasteiger partial charge is 0.348 e. The van der Waals surface area contributed by atoms with E-state index < -0.39 is 0 Å². The second kappa shape index (κ2) is 3.89. The molecular formula is C9H16N4. The van der Waals surface area contributed by atoms with Crippen molar-refractivity contribution in [3.05, 3.63) is 18.2 Å². The number of nitrogens with one attached hydrogen (secondary N) is 1. The topological polar surface area (TPSA) is 57.9 Å². The summed E-state index contributed by atoms with van der Waals surface area (Å²) in [7, 11) is 0. The van der Waals surface area contributed by atoms with Gasteiger partial charge in [0.25, 0.3) is 0 Å². The summed E-state index contributed by atoms with van der Waals surface area (Å²) in [6, 6.07) is 0.560. The molecule has 2 heterocycles. The van der Waals surface area contributed by atoms with Gasteiger partial charge in [0.2, 0.25) is 0 Å². The zero-order valence-corrected chi connectivity index (χ0v) is 7.74. The predicted molar refractivity (Wildman–Crippen MR) is 51.1 cm³/mol. The van der Waals surface area contributed by atoms with Crippen LogP contribution in [0, 0.1) is 0 Å². The molecule has 1 aliphatic heterocycles. The maximum Gasteiger partial charge on any atom is 0.120 e. The Morgan fingerprint density at radius 1 is 1.69 bits per heavy atom. The number of hydrogen-bond acceptors (Lipinski definition) is 3. The summed E-state index contributed by atoms with van der Waals surface area (Å²) in [4.78, 5) is 9.73. The minimum Gasteiger partial charge on any atom is -0.348 e. The first kappa shape index (κ1) is 8.72. The van der Waals surface area contributed by atoms with E-state index in [1.807, 2.05) is 6.20 Å². The van der Waals surface area contributed by atoms with E-state index in [2.05, 4.69) is 14.9 Å². The van der Waals surface area contributed by atoms with Crippen molar-refractivity contribution in [1.29, 1.82) is 0 Å². The highest BCUT2D eigenvalue weighted by Crippen LogP contribution is 2.17. The predicted octanol–water partition coefficient (Wildman–Crippen LogP) is 0.333. The van der Waals surface area contributed by atoms with Crippen molar-refractivity contribution < 1.29 is 0 Å². The van der Waals surface area contributed by atoms with E-state index >= 15 is 0 Å². The molecule has 2 rings (SSSR count). The lowest BCUT2D eigenvalue weighted by atomic mass is 10.2. The third-order valence-electron chi connectivity index (χ3n) is 2.68. The summed E-state index contributed by atoms with van der Waals surface area (Å²) >= 11 is 0. The molecule has 4 nitrogen and oxygen atoms in total. The highest BCUT2D eigenvalue weighted by molar-refractivity contribution is 4.90. The van der Waals surface area contributed by atoms with Crippen LogP contribution in [0.4, 0.5) is 0 Å². The average Bonchev–Trinajstić information content (AvgIpc) is 2.76. The third kappa shape index (κ3) is 1.89. The molecule has 1 aromatic rings. The molecule has 1 unspecified atom stereocenters. The lowest BCUT2D eigenvalue weighted by molar-refractivity contribution is 0.245. The molecule has 1 atom stereocenters. The second-order valence-corrected chi connectivity index (χ2v) is 3.54. The fourth-order valence-corrected chi connectivity index (χ4v) is 1.95. The van der Waals surface area contributed by atoms with E-state index in [4.69, 9.17) is 5.73 Å². The van der Waals surface area contributed by atoms with Gasteiger partial charge in [-0.1, -0.05) is 0 Å². The monoisotopic (exact) mass is 180 g/mol. The highest BCUT2D eigenvalue weighted by Gasteiger charge is 2.23. The number of aromatic amines is 1. The van der Waals surface area contributed by atoms with Gasteiger partial charge in [0.15, 0.2) is 0 Å². The van der Waals surface area contributed by atoms with Gasteiger partial charge in [0.1, 0.15) is 5.82 Å². The molecule has 0 radical (unpaired) electrons. The number of aromatic nitrogens is 2. The van der Waals surface area contributed by atoms with E-state index in [0.29, 0.717) is 6.04 Å². The smallest absolute Gasteiger partial charge is 0.120 e. The fraction of sp³-hybridized carbons (Fsp3) is 0.667. The van der Waals surface area contributed by atoms with E-state index in [9.17, 15) is 0 Å². The molecule has 0 aromatic carbocycles. The summed E-state index contributed by atoms with van der Waals surface area (Å²) in [6.07, 6.45) is 6.16. The molecule has 72 valence electrons. The van der Waals surface area contributed by atoms with Gasteiger partial charge in [-0.15, -0.1) is 0 Å². The maximum absolute atomic E-state index is 5.68. The lowest BCUT2D eigenvalue weighted by Gasteiger charge is -2.21. The number of imidazole rings is 1. The summed E-state index contributed by atoms with van der Waals surface area (Å²) in [5.41, 5.74) is 5.68. The standard InChI is InChI=1S/C9H16N4/c10-6-8-2-1-5-13(8)7-9-11-3-4-12-9/h3-4,8H,1-2,5-7,10H2,(H,11,12). The Morgan fingerprint density at radius 2 is 2.62 bits per heavy atom. The van der Waals surface area contributed by atoms with Crippen LogP contribution in [-0.2, 0) is 6.54 Å². The van der Waals surface area contributed by atoms with Gasteiger partial charge in [-0.3, -0.25) is 4.90 Å². The van der Waals surface area contributed by atoms with Gasteiger partial charge in [-0.25, -0.2) is 4.98 Å². The number of hydrogen-bond donors (Lipinski definition) is 2. The van der Waals surface area contributed by atoms with E-state index in [1.54, 1.807) is 6.20 Å². The van der Waals surface area contributed by atoms with Gasteiger partial charge in [0, 0.05) is 25.0 Å². The number of nitrogens with two attached hydrogens (primary N) is 1. The Morgan fingerprint density at radius 3 is 3.31 bits per heavy atom. The van der Waals surface area contributed by atoms with Gasteiger partial charge >= 0.3 is 0 Å². The van der Waals surface area contributed by atoms with E-state index in [0.717, 1.165) is 25.5 Å². The SMILES string of the molecule is NCC1CCCN1Cc1ncc[nH]1. The maximum atomic E-state index is 5.68. The van der Waals surface area contributed by atoms with Gasteiger partial charge in [-0.05, 0) is 19.4 Å². The van der Waals surface area contributed by atoms with Crippen molar-refractivity contribution in [2.45, 2.75) is 25.4 Å². The first-order valence-corrected chi connectivity index (χ1v) is 4.82. The van der Waals surface area contributed by atoms with Gasteiger partial charge in [0.05, 0.1) is 6.54 Å². The van der Waals surface area contributed by atoms with Crippen LogP contribution in [0.5, 0.6) is 0 Å². The van der Waals surface area contributed by atoms with Gasteiger partial charge < -0.3 is 10.7 Å². The van der Waals surface area contributed by atoms with Crippen molar-refractivity contribution in [3.63, 3.8) is 0 Å². The molecule has 1 aliphatic rings. The molecule has 0 saturated carbocycles. The molecule has 1 aromatic heterocycles. The molecule has 1 saturated heterocycles. The van der Waals surface area contributed by atoms with Crippen molar-refractivity contribution in [1.82, 2.24) is 14.9 Å². The quantitative estimate of drug-likeness (QED) is 0.705. The van der Waals surface area contributed by atoms with Crippen molar-refractivity contribution in [3.8, 4) is 0 Å². The van der Waals surface area contributed by atoms with Crippen LogP contribution < -0.4 is 5.73 Å². The van der Waals surface area contributed by atoms with Crippen LogP contribution in [0.2, 0.25) is 0 Å². The Labute approximate surface area is 78.1 Å². The third-order valence-corrected chi connectivity index (χ3v) is 2.68. The van der Waals surface area contributed by atoms with E-state index in [1.165, 1.54) is 12.8 Å². The van der Waals surface area contributed by atoms with Crippen LogP contribution in [0.3, 0.4) is 0 Å². The zero-order valence-electron chi connectivity index (χ0n) is 7.74. The summed E-state index contributed by atoms with van der Waals surface area (Å²) in [6.45, 7) is 2.83. The van der Waals surface area contributed by atoms with Crippen LogP contribution >= 0.6 is 0 Å². The minimum atomic E-state index is 0.560. The first-order chi connectivity index (χ1) is 6.40. The highest BCUT2D eigenvalue weighted by atomic mass is 15.2. The lowest BCUT2D eigenvalue weighted by Crippen LogP contribution is -2.35. The molecule has 1 fully saturated rings. The van der Waals surface area contributed by atoms with Crippen LogP contribution in [0.1, 0.15) is 18.7 Å². The molecule has 0 bridgehead atoms. The zero-order chi connectivity index (χ0) is 9.10. The number of nitrogens with zero attached hydrogens (tertiary/aromatic N) is 2. The molecule has 0 spiro atoms. The summed E-state index contributed by atoms with van der Waals surface area (Å²) in [5, 5.41) is 0. The normalized spacial score (nSPS) is 23.9. The van der Waals surface area contributed by atoms with Crippen LogP contribution in [-0.4, -0.2) is 34.0 Å². The molecule has 4 heteroatoms. The Bertz CT molecular complexity index is 244. The van der Waals surface area contributed by atoms with Gasteiger partial charge in [-0.2, -0.15) is 0 Å². The Kier molecular flexibility index (Phi) is 2.61.